The van der Waals surface area contributed by atoms with Crippen LogP contribution in [-0.4, -0.2) is 36.0 Å². The Bertz CT molecular complexity index is 449. The molecule has 0 saturated heterocycles. The average molecular weight is 293 g/mol. The summed E-state index contributed by atoms with van der Waals surface area (Å²) in [7, 11) is 2.13. The van der Waals surface area contributed by atoms with Crippen LogP contribution in [0, 0.1) is 10.1 Å². The van der Waals surface area contributed by atoms with E-state index in [0.29, 0.717) is 6.04 Å². The van der Waals surface area contributed by atoms with Crippen molar-refractivity contribution in [1.29, 1.82) is 0 Å². The zero-order valence-corrected chi connectivity index (χ0v) is 13.5. The fraction of sp³-hybridized carbons (Fsp3) is 0.625. The van der Waals surface area contributed by atoms with Gasteiger partial charge in [-0.3, -0.25) is 10.1 Å². The second-order valence-electron chi connectivity index (χ2n) is 5.77. The van der Waals surface area contributed by atoms with Gasteiger partial charge in [0.1, 0.15) is 0 Å². The number of nitro benzene ring substituents is 1. The first-order chi connectivity index (χ1) is 9.93. The molecule has 1 N–H and O–H groups in total. The Morgan fingerprint density at radius 2 is 1.90 bits per heavy atom. The van der Waals surface area contributed by atoms with Gasteiger partial charge in [-0.1, -0.05) is 18.2 Å². The van der Waals surface area contributed by atoms with E-state index in [0.717, 1.165) is 31.5 Å². The minimum atomic E-state index is -0.314. The van der Waals surface area contributed by atoms with Crippen LogP contribution < -0.4 is 5.32 Å². The van der Waals surface area contributed by atoms with Crippen LogP contribution in [0.25, 0.3) is 0 Å². The van der Waals surface area contributed by atoms with E-state index >= 15 is 0 Å². The largest absolute Gasteiger partial charge is 0.310 e. The molecule has 1 aromatic carbocycles. The molecule has 0 fully saturated rings. The lowest BCUT2D eigenvalue weighted by atomic mass is 10.1. The second-order valence-corrected chi connectivity index (χ2v) is 5.77. The molecule has 0 heterocycles. The third kappa shape index (κ3) is 5.81. The summed E-state index contributed by atoms with van der Waals surface area (Å²) in [6, 6.07) is 7.50. The number of nitro groups is 1. The van der Waals surface area contributed by atoms with E-state index < -0.39 is 0 Å². The SMILES string of the molecule is CC(NCCCCN(C)C(C)C)c1ccccc1[N+](=O)[O-]. The summed E-state index contributed by atoms with van der Waals surface area (Å²) in [5, 5.41) is 14.4. The number of unbranched alkanes of at least 4 members (excludes halogenated alkanes) is 1. The minimum absolute atomic E-state index is 0.00516. The number of hydrogen-bond donors (Lipinski definition) is 1. The minimum Gasteiger partial charge on any atom is -0.310 e. The summed E-state index contributed by atoms with van der Waals surface area (Å²) in [6.45, 7) is 8.31. The van der Waals surface area contributed by atoms with Crippen LogP contribution in [0.15, 0.2) is 24.3 Å². The summed E-state index contributed by atoms with van der Waals surface area (Å²) in [5.74, 6) is 0. The molecule has 0 amide bonds. The third-order valence-electron chi connectivity index (χ3n) is 3.87. The number of nitrogens with zero attached hydrogens (tertiary/aromatic N) is 2. The highest BCUT2D eigenvalue weighted by molar-refractivity contribution is 5.41. The highest BCUT2D eigenvalue weighted by Gasteiger charge is 2.17. The Kier molecular flexibility index (Phi) is 7.32. The van der Waals surface area contributed by atoms with Crippen molar-refractivity contribution in [3.63, 3.8) is 0 Å². The van der Waals surface area contributed by atoms with E-state index in [-0.39, 0.29) is 16.7 Å². The molecule has 118 valence electrons. The van der Waals surface area contributed by atoms with Gasteiger partial charge in [0.15, 0.2) is 0 Å². The van der Waals surface area contributed by atoms with Crippen LogP contribution in [0.1, 0.15) is 45.2 Å². The molecule has 0 aliphatic rings. The van der Waals surface area contributed by atoms with Crippen molar-refractivity contribution < 1.29 is 4.92 Å². The molecule has 0 radical (unpaired) electrons. The van der Waals surface area contributed by atoms with Gasteiger partial charge < -0.3 is 10.2 Å². The lowest BCUT2D eigenvalue weighted by Crippen LogP contribution is -2.28. The molecule has 1 atom stereocenters. The molecule has 0 aliphatic heterocycles. The van der Waals surface area contributed by atoms with Gasteiger partial charge in [-0.15, -0.1) is 0 Å². The van der Waals surface area contributed by atoms with E-state index in [1.54, 1.807) is 12.1 Å². The van der Waals surface area contributed by atoms with Gasteiger partial charge in [0, 0.05) is 23.7 Å². The third-order valence-corrected chi connectivity index (χ3v) is 3.87. The van der Waals surface area contributed by atoms with Gasteiger partial charge in [0.05, 0.1) is 4.92 Å². The zero-order valence-electron chi connectivity index (χ0n) is 13.5. The lowest BCUT2D eigenvalue weighted by molar-refractivity contribution is -0.385. The van der Waals surface area contributed by atoms with Gasteiger partial charge in [-0.2, -0.15) is 0 Å². The maximum atomic E-state index is 11.0. The summed E-state index contributed by atoms with van der Waals surface area (Å²) < 4.78 is 0. The Morgan fingerprint density at radius 1 is 1.24 bits per heavy atom. The number of hydrogen-bond acceptors (Lipinski definition) is 4. The molecule has 21 heavy (non-hydrogen) atoms. The standard InChI is InChI=1S/C16H27N3O2/c1-13(2)18(4)12-8-7-11-17-14(3)15-9-5-6-10-16(15)19(20)21/h5-6,9-10,13-14,17H,7-8,11-12H2,1-4H3. The number of nitrogens with one attached hydrogen (secondary N) is 1. The maximum absolute atomic E-state index is 11.0. The van der Waals surface area contributed by atoms with Crippen LogP contribution in [0.2, 0.25) is 0 Å². The Labute approximate surface area is 127 Å². The van der Waals surface area contributed by atoms with Crippen molar-refractivity contribution in [3.8, 4) is 0 Å². The van der Waals surface area contributed by atoms with Gasteiger partial charge in [0.25, 0.3) is 5.69 Å². The highest BCUT2D eigenvalue weighted by Crippen LogP contribution is 2.24. The van der Waals surface area contributed by atoms with E-state index in [9.17, 15) is 10.1 Å². The van der Waals surface area contributed by atoms with E-state index in [2.05, 4.69) is 31.1 Å². The molecular weight excluding hydrogens is 266 g/mol. The van der Waals surface area contributed by atoms with Crippen molar-refractivity contribution in [2.24, 2.45) is 0 Å². The van der Waals surface area contributed by atoms with Crippen molar-refractivity contribution in [2.45, 2.75) is 45.7 Å². The van der Waals surface area contributed by atoms with Crippen LogP contribution in [0.5, 0.6) is 0 Å². The topological polar surface area (TPSA) is 58.4 Å². The number of benzene rings is 1. The maximum Gasteiger partial charge on any atom is 0.274 e. The van der Waals surface area contributed by atoms with Crippen molar-refractivity contribution in [3.05, 3.63) is 39.9 Å². The Hall–Kier alpha value is -1.46. The van der Waals surface area contributed by atoms with Gasteiger partial charge in [0.2, 0.25) is 0 Å². The summed E-state index contributed by atoms with van der Waals surface area (Å²) in [4.78, 5) is 13.0. The van der Waals surface area contributed by atoms with Crippen molar-refractivity contribution in [2.75, 3.05) is 20.1 Å². The first-order valence-electron chi connectivity index (χ1n) is 7.60. The average Bonchev–Trinajstić information content (AvgIpc) is 2.46. The summed E-state index contributed by atoms with van der Waals surface area (Å²) >= 11 is 0. The number of rotatable bonds is 9. The molecule has 0 aromatic heterocycles. The molecule has 0 aliphatic carbocycles. The normalized spacial score (nSPS) is 12.9. The number of para-hydroxylation sites is 1. The monoisotopic (exact) mass is 293 g/mol. The smallest absolute Gasteiger partial charge is 0.274 e. The van der Waals surface area contributed by atoms with Crippen LogP contribution in [0.3, 0.4) is 0 Å². The molecular formula is C16H27N3O2. The molecule has 1 aromatic rings. The molecule has 1 rings (SSSR count). The first kappa shape index (κ1) is 17.6. The van der Waals surface area contributed by atoms with Crippen LogP contribution in [-0.2, 0) is 0 Å². The quantitative estimate of drug-likeness (QED) is 0.431. The van der Waals surface area contributed by atoms with Gasteiger partial charge >= 0.3 is 0 Å². The van der Waals surface area contributed by atoms with Gasteiger partial charge in [-0.25, -0.2) is 0 Å². The van der Waals surface area contributed by atoms with E-state index in [1.807, 2.05) is 19.1 Å². The predicted octanol–water partition coefficient (Wildman–Crippen LogP) is 3.37. The van der Waals surface area contributed by atoms with E-state index in [1.165, 1.54) is 0 Å². The summed E-state index contributed by atoms with van der Waals surface area (Å²) in [6.07, 6.45) is 2.20. The molecule has 0 saturated carbocycles. The molecule has 0 bridgehead atoms. The molecule has 5 heteroatoms. The first-order valence-corrected chi connectivity index (χ1v) is 7.60. The molecule has 1 unspecified atom stereocenters. The van der Waals surface area contributed by atoms with Crippen molar-refractivity contribution in [1.82, 2.24) is 10.2 Å². The lowest BCUT2D eigenvalue weighted by Gasteiger charge is -2.21. The molecule has 0 spiro atoms. The molecule has 5 nitrogen and oxygen atoms in total. The van der Waals surface area contributed by atoms with Gasteiger partial charge in [-0.05, 0) is 53.8 Å². The highest BCUT2D eigenvalue weighted by atomic mass is 16.6. The fourth-order valence-corrected chi connectivity index (χ4v) is 2.19. The predicted molar refractivity (Wildman–Crippen MR) is 86.5 cm³/mol. The Balaban J connectivity index is 2.38. The van der Waals surface area contributed by atoms with Crippen LogP contribution in [0.4, 0.5) is 5.69 Å². The second kappa shape index (κ2) is 8.74. The van der Waals surface area contributed by atoms with E-state index in [4.69, 9.17) is 0 Å². The fourth-order valence-electron chi connectivity index (χ4n) is 2.19. The Morgan fingerprint density at radius 3 is 2.52 bits per heavy atom. The van der Waals surface area contributed by atoms with Crippen molar-refractivity contribution >= 4 is 5.69 Å². The zero-order chi connectivity index (χ0) is 15.8. The summed E-state index contributed by atoms with van der Waals surface area (Å²) in [5.41, 5.74) is 0.943. The van der Waals surface area contributed by atoms with Crippen LogP contribution >= 0.6 is 0 Å².